The molecule has 0 aliphatic carbocycles. The summed E-state index contributed by atoms with van der Waals surface area (Å²) in [6, 6.07) is 10.2. The predicted octanol–water partition coefficient (Wildman–Crippen LogP) is 2.48. The van der Waals surface area contributed by atoms with Crippen molar-refractivity contribution in [3.8, 4) is 0 Å². The maximum atomic E-state index is 12.7. The van der Waals surface area contributed by atoms with Gasteiger partial charge in [0.25, 0.3) is 11.8 Å². The molecule has 180 valence electrons. The number of amides is 3. The zero-order valence-corrected chi connectivity index (χ0v) is 21.4. The maximum absolute atomic E-state index is 12.7. The van der Waals surface area contributed by atoms with E-state index in [0.717, 1.165) is 4.47 Å². The van der Waals surface area contributed by atoms with Gasteiger partial charge >= 0.3 is 5.97 Å². The van der Waals surface area contributed by atoms with Gasteiger partial charge in [0.1, 0.15) is 18.1 Å². The van der Waals surface area contributed by atoms with Crippen LogP contribution in [0.4, 0.5) is 5.82 Å². The quantitative estimate of drug-likeness (QED) is 0.231. The second-order valence-electron chi connectivity index (χ2n) is 6.59. The molecule has 0 spiro atoms. The van der Waals surface area contributed by atoms with Gasteiger partial charge in [0, 0.05) is 35.4 Å². The van der Waals surface area contributed by atoms with E-state index in [9.17, 15) is 19.2 Å². The number of carbonyl (C=O) groups excluding carboxylic acids is 4. The Balaban J connectivity index is 2.02. The van der Waals surface area contributed by atoms with Gasteiger partial charge in [-0.2, -0.15) is 0 Å². The lowest BCUT2D eigenvalue weighted by atomic mass is 10.2. The normalized spacial score (nSPS) is 10.7. The summed E-state index contributed by atoms with van der Waals surface area (Å²) < 4.78 is 6.11. The number of nitrogens with one attached hydrogen (secondary N) is 4. The first kappa shape index (κ1) is 27.0. The summed E-state index contributed by atoms with van der Waals surface area (Å²) >= 11 is 6.67. The monoisotopic (exact) mass is 595 g/mol. The smallest absolute Gasteiger partial charge is 0.325 e. The van der Waals surface area contributed by atoms with Gasteiger partial charge in [0.15, 0.2) is 0 Å². The second kappa shape index (κ2) is 14.1. The van der Waals surface area contributed by atoms with Crippen LogP contribution in [0.5, 0.6) is 0 Å². The van der Waals surface area contributed by atoms with Crippen LogP contribution in [0.15, 0.2) is 63.4 Å². The fourth-order valence-corrected chi connectivity index (χ4v) is 3.56. The minimum absolute atomic E-state index is 0.0216. The number of aromatic nitrogens is 1. The minimum Gasteiger partial charge on any atom is -0.465 e. The molecule has 0 aliphatic rings. The molecule has 2 rings (SSSR count). The van der Waals surface area contributed by atoms with Crippen LogP contribution in [0.1, 0.15) is 23.7 Å². The molecule has 2 aromatic rings. The van der Waals surface area contributed by atoms with Crippen LogP contribution in [0.3, 0.4) is 0 Å². The van der Waals surface area contributed by atoms with Crippen LogP contribution in [0.25, 0.3) is 0 Å². The zero-order valence-electron chi connectivity index (χ0n) is 18.2. The van der Waals surface area contributed by atoms with E-state index in [1.807, 2.05) is 0 Å². The SMILES string of the molecule is CCOC(=O)CNC(=O)CCNC(=O)/C(=C/Nc1ncc(Br)cc1Br)NC(=O)c1ccccc1. The molecule has 0 saturated carbocycles. The third-order valence-corrected chi connectivity index (χ3v) is 5.10. The molecule has 0 saturated heterocycles. The van der Waals surface area contributed by atoms with Gasteiger partial charge in [0.2, 0.25) is 5.91 Å². The Hall–Kier alpha value is -3.25. The summed E-state index contributed by atoms with van der Waals surface area (Å²) in [5, 5.41) is 10.4. The van der Waals surface area contributed by atoms with Gasteiger partial charge < -0.3 is 26.0 Å². The molecule has 0 atom stereocenters. The number of rotatable bonds is 11. The summed E-state index contributed by atoms with van der Waals surface area (Å²) in [5.41, 5.74) is 0.278. The molecule has 10 nitrogen and oxygen atoms in total. The number of hydrogen-bond acceptors (Lipinski definition) is 7. The number of ether oxygens (including phenoxy) is 1. The molecule has 12 heteroatoms. The highest BCUT2D eigenvalue weighted by atomic mass is 79.9. The third-order valence-electron chi connectivity index (χ3n) is 4.06. The number of halogens is 2. The van der Waals surface area contributed by atoms with Crippen LogP contribution >= 0.6 is 31.9 Å². The molecule has 1 heterocycles. The molecule has 3 amide bonds. The number of pyridine rings is 1. The first-order valence-electron chi connectivity index (χ1n) is 10.1. The van der Waals surface area contributed by atoms with Gasteiger partial charge in [-0.3, -0.25) is 19.2 Å². The molecular weight excluding hydrogens is 574 g/mol. The van der Waals surface area contributed by atoms with E-state index in [-0.39, 0.29) is 31.8 Å². The number of benzene rings is 1. The van der Waals surface area contributed by atoms with E-state index in [0.29, 0.717) is 15.9 Å². The Morgan fingerprint density at radius 1 is 1.09 bits per heavy atom. The Morgan fingerprint density at radius 3 is 2.50 bits per heavy atom. The first-order valence-corrected chi connectivity index (χ1v) is 11.7. The van der Waals surface area contributed by atoms with Crippen molar-refractivity contribution in [2.75, 3.05) is 25.0 Å². The highest BCUT2D eigenvalue weighted by molar-refractivity contribution is 9.11. The Kier molecular flexibility index (Phi) is 11.2. The van der Waals surface area contributed by atoms with Crippen LogP contribution in [0.2, 0.25) is 0 Å². The van der Waals surface area contributed by atoms with Gasteiger partial charge in [-0.25, -0.2) is 4.98 Å². The summed E-state index contributed by atoms with van der Waals surface area (Å²) in [5.74, 6) is -1.68. The molecule has 1 aromatic carbocycles. The number of hydrogen-bond donors (Lipinski definition) is 4. The molecule has 34 heavy (non-hydrogen) atoms. The van der Waals surface area contributed by atoms with Crippen molar-refractivity contribution < 1.29 is 23.9 Å². The van der Waals surface area contributed by atoms with E-state index >= 15 is 0 Å². The number of esters is 1. The zero-order chi connectivity index (χ0) is 24.9. The third kappa shape index (κ3) is 9.32. The van der Waals surface area contributed by atoms with Crippen LogP contribution < -0.4 is 21.3 Å². The second-order valence-corrected chi connectivity index (χ2v) is 8.36. The Bertz CT molecular complexity index is 1060. The standard InChI is InChI=1S/C22H23Br2N5O5/c1-2-34-19(31)13-26-18(30)8-9-25-22(33)17(29-21(32)14-6-4-3-5-7-14)12-28-20-16(24)10-15(23)11-27-20/h3-7,10-12H,2,8-9,13H2,1H3,(H,25,33)(H,26,30)(H,27,28)(H,29,32)/b17-12-. The number of carbonyl (C=O) groups is 4. The first-order chi connectivity index (χ1) is 16.3. The summed E-state index contributed by atoms with van der Waals surface area (Å²) in [4.78, 5) is 52.6. The maximum Gasteiger partial charge on any atom is 0.325 e. The van der Waals surface area contributed by atoms with Crippen molar-refractivity contribution in [2.24, 2.45) is 0 Å². The van der Waals surface area contributed by atoms with Gasteiger partial charge in [-0.1, -0.05) is 18.2 Å². The van der Waals surface area contributed by atoms with Gasteiger partial charge in [-0.15, -0.1) is 0 Å². The lowest BCUT2D eigenvalue weighted by molar-refractivity contribution is -0.143. The van der Waals surface area contributed by atoms with Gasteiger partial charge in [-0.05, 0) is 57.0 Å². The van der Waals surface area contributed by atoms with E-state index in [1.54, 1.807) is 49.5 Å². The average molecular weight is 597 g/mol. The summed E-state index contributed by atoms with van der Waals surface area (Å²) in [7, 11) is 0. The van der Waals surface area contributed by atoms with Crippen LogP contribution in [0, 0.1) is 0 Å². The molecule has 0 fully saturated rings. The Morgan fingerprint density at radius 2 is 1.82 bits per heavy atom. The van der Waals surface area contributed by atoms with Gasteiger partial charge in [0.05, 0.1) is 11.1 Å². The van der Waals surface area contributed by atoms with E-state index < -0.39 is 23.7 Å². The van der Waals surface area contributed by atoms with E-state index in [2.05, 4.69) is 58.1 Å². The van der Waals surface area contributed by atoms with Crippen molar-refractivity contribution >= 4 is 61.4 Å². The fourth-order valence-electron chi connectivity index (χ4n) is 2.46. The predicted molar refractivity (Wildman–Crippen MR) is 133 cm³/mol. The van der Waals surface area contributed by atoms with Crippen molar-refractivity contribution in [2.45, 2.75) is 13.3 Å². The van der Waals surface area contributed by atoms with E-state index in [4.69, 9.17) is 4.74 Å². The van der Waals surface area contributed by atoms with Crippen LogP contribution in [-0.4, -0.2) is 48.4 Å². The average Bonchev–Trinajstić information content (AvgIpc) is 2.82. The molecule has 0 radical (unpaired) electrons. The van der Waals surface area contributed by atoms with Crippen molar-refractivity contribution in [1.29, 1.82) is 0 Å². The lowest BCUT2D eigenvalue weighted by Gasteiger charge is -2.12. The highest BCUT2D eigenvalue weighted by Crippen LogP contribution is 2.23. The van der Waals surface area contributed by atoms with Crippen LogP contribution in [-0.2, 0) is 19.1 Å². The molecule has 0 bridgehead atoms. The summed E-state index contributed by atoms with van der Waals surface area (Å²) in [6.45, 7) is 1.61. The summed E-state index contributed by atoms with van der Waals surface area (Å²) in [6.07, 6.45) is 2.80. The minimum atomic E-state index is -0.622. The lowest BCUT2D eigenvalue weighted by Crippen LogP contribution is -2.38. The molecule has 1 aromatic heterocycles. The van der Waals surface area contributed by atoms with Crippen molar-refractivity contribution in [1.82, 2.24) is 20.9 Å². The highest BCUT2D eigenvalue weighted by Gasteiger charge is 2.15. The largest absolute Gasteiger partial charge is 0.465 e. The van der Waals surface area contributed by atoms with Crippen molar-refractivity contribution in [3.63, 3.8) is 0 Å². The molecular formula is C22H23Br2N5O5. The topological polar surface area (TPSA) is 139 Å². The fraction of sp³-hybridized carbons (Fsp3) is 0.227. The number of nitrogens with zero attached hydrogens (tertiary/aromatic N) is 1. The molecule has 0 aliphatic heterocycles. The number of anilines is 1. The Labute approximate surface area is 213 Å². The molecule has 0 unspecified atom stereocenters. The van der Waals surface area contributed by atoms with Crippen molar-refractivity contribution in [3.05, 3.63) is 69.0 Å². The molecule has 4 N–H and O–H groups in total. The van der Waals surface area contributed by atoms with E-state index in [1.165, 1.54) is 6.20 Å².